The zero-order valence-corrected chi connectivity index (χ0v) is 13.7. The summed E-state index contributed by atoms with van der Waals surface area (Å²) in [6.07, 6.45) is 0. The smallest absolute Gasteiger partial charge is 0.239 e. The zero-order chi connectivity index (χ0) is 15.9. The third-order valence-corrected chi connectivity index (χ3v) is 3.69. The number of rotatable bonds is 8. The molecule has 0 unspecified atom stereocenters. The standard InChI is InChI=1S/C15H31N3O2/c1-9(2)12(10(3)4)7-17-13(19)8-18-15(20)14(16)11(5)6/h9-12,14H,7-8,16H2,1-6H3,(H,17,19)(H,18,20)/t14-/m0/s1. The van der Waals surface area contributed by atoms with Crippen molar-refractivity contribution in [2.24, 2.45) is 29.4 Å². The van der Waals surface area contributed by atoms with Crippen molar-refractivity contribution >= 4 is 11.8 Å². The first-order valence-corrected chi connectivity index (χ1v) is 7.46. The van der Waals surface area contributed by atoms with Gasteiger partial charge in [-0.2, -0.15) is 0 Å². The monoisotopic (exact) mass is 285 g/mol. The summed E-state index contributed by atoms with van der Waals surface area (Å²) < 4.78 is 0. The lowest BCUT2D eigenvalue weighted by Crippen LogP contribution is -2.47. The molecule has 0 saturated heterocycles. The average Bonchev–Trinajstić information content (AvgIpc) is 2.34. The Morgan fingerprint density at radius 1 is 0.900 bits per heavy atom. The molecule has 20 heavy (non-hydrogen) atoms. The van der Waals surface area contributed by atoms with Gasteiger partial charge in [-0.25, -0.2) is 0 Å². The van der Waals surface area contributed by atoms with E-state index in [2.05, 4.69) is 38.3 Å². The summed E-state index contributed by atoms with van der Waals surface area (Å²) in [6, 6.07) is -0.568. The van der Waals surface area contributed by atoms with Crippen molar-refractivity contribution in [3.8, 4) is 0 Å². The van der Waals surface area contributed by atoms with Crippen LogP contribution in [0.25, 0.3) is 0 Å². The van der Waals surface area contributed by atoms with E-state index in [-0.39, 0.29) is 24.3 Å². The van der Waals surface area contributed by atoms with Crippen LogP contribution >= 0.6 is 0 Å². The Morgan fingerprint density at radius 3 is 1.80 bits per heavy atom. The molecule has 0 heterocycles. The minimum absolute atomic E-state index is 0.0117. The van der Waals surface area contributed by atoms with Crippen LogP contribution in [-0.2, 0) is 9.59 Å². The predicted octanol–water partition coefficient (Wildman–Crippen LogP) is 1.13. The van der Waals surface area contributed by atoms with Crippen LogP contribution in [0.15, 0.2) is 0 Å². The van der Waals surface area contributed by atoms with Crippen molar-refractivity contribution in [1.29, 1.82) is 0 Å². The Kier molecular flexibility index (Phi) is 8.46. The van der Waals surface area contributed by atoms with E-state index >= 15 is 0 Å². The molecule has 0 aliphatic heterocycles. The normalized spacial score (nSPS) is 13.2. The van der Waals surface area contributed by atoms with Gasteiger partial charge in [-0.3, -0.25) is 9.59 Å². The summed E-state index contributed by atoms with van der Waals surface area (Å²) in [6.45, 7) is 13.0. The second kappa shape index (κ2) is 8.95. The van der Waals surface area contributed by atoms with Crippen LogP contribution in [0.5, 0.6) is 0 Å². The van der Waals surface area contributed by atoms with Gasteiger partial charge in [0.05, 0.1) is 12.6 Å². The third kappa shape index (κ3) is 6.89. The van der Waals surface area contributed by atoms with Crippen molar-refractivity contribution in [1.82, 2.24) is 10.6 Å². The van der Waals surface area contributed by atoms with Gasteiger partial charge >= 0.3 is 0 Å². The molecule has 0 aliphatic rings. The van der Waals surface area contributed by atoms with Gasteiger partial charge in [-0.05, 0) is 23.7 Å². The molecule has 4 N–H and O–H groups in total. The number of nitrogens with one attached hydrogen (secondary N) is 2. The first-order valence-electron chi connectivity index (χ1n) is 7.46. The van der Waals surface area contributed by atoms with Crippen LogP contribution in [0.3, 0.4) is 0 Å². The van der Waals surface area contributed by atoms with Gasteiger partial charge < -0.3 is 16.4 Å². The van der Waals surface area contributed by atoms with E-state index in [0.717, 1.165) is 0 Å². The number of amides is 2. The van der Waals surface area contributed by atoms with E-state index in [0.29, 0.717) is 24.3 Å². The highest BCUT2D eigenvalue weighted by atomic mass is 16.2. The molecule has 0 spiro atoms. The SMILES string of the molecule is CC(C)C(CNC(=O)CNC(=O)[C@@H](N)C(C)C)C(C)C. The largest absolute Gasteiger partial charge is 0.354 e. The Morgan fingerprint density at radius 2 is 1.40 bits per heavy atom. The van der Waals surface area contributed by atoms with Gasteiger partial charge in [0.1, 0.15) is 0 Å². The van der Waals surface area contributed by atoms with Gasteiger partial charge in [-0.1, -0.05) is 41.5 Å². The molecule has 0 bridgehead atoms. The second-order valence-corrected chi connectivity index (χ2v) is 6.44. The van der Waals surface area contributed by atoms with E-state index in [1.165, 1.54) is 0 Å². The van der Waals surface area contributed by atoms with Gasteiger partial charge in [0, 0.05) is 6.54 Å². The fourth-order valence-electron chi connectivity index (χ4n) is 2.12. The van der Waals surface area contributed by atoms with Crippen LogP contribution in [0.2, 0.25) is 0 Å². The summed E-state index contributed by atoms with van der Waals surface area (Å²) in [5.41, 5.74) is 5.70. The minimum atomic E-state index is -0.568. The second-order valence-electron chi connectivity index (χ2n) is 6.44. The number of hydrogen-bond donors (Lipinski definition) is 3. The topological polar surface area (TPSA) is 84.2 Å². The lowest BCUT2D eigenvalue weighted by Gasteiger charge is -2.25. The van der Waals surface area contributed by atoms with Crippen LogP contribution < -0.4 is 16.4 Å². The maximum atomic E-state index is 11.7. The summed E-state index contributed by atoms with van der Waals surface area (Å²) in [4.78, 5) is 23.4. The molecule has 0 fully saturated rings. The Balaban J connectivity index is 4.09. The lowest BCUT2D eigenvalue weighted by atomic mass is 9.85. The maximum Gasteiger partial charge on any atom is 0.239 e. The summed E-state index contributed by atoms with van der Waals surface area (Å²) in [5.74, 6) is 1.08. The van der Waals surface area contributed by atoms with E-state index in [4.69, 9.17) is 5.73 Å². The molecule has 5 heteroatoms. The predicted molar refractivity (Wildman–Crippen MR) is 82.0 cm³/mol. The average molecular weight is 285 g/mol. The van der Waals surface area contributed by atoms with E-state index < -0.39 is 6.04 Å². The fourth-order valence-corrected chi connectivity index (χ4v) is 2.12. The molecule has 0 aromatic rings. The third-order valence-electron chi connectivity index (χ3n) is 3.69. The molecular weight excluding hydrogens is 254 g/mol. The van der Waals surface area contributed by atoms with E-state index in [1.807, 2.05) is 13.8 Å². The van der Waals surface area contributed by atoms with E-state index in [9.17, 15) is 9.59 Å². The van der Waals surface area contributed by atoms with Crippen LogP contribution in [0.4, 0.5) is 0 Å². The maximum absolute atomic E-state index is 11.7. The zero-order valence-electron chi connectivity index (χ0n) is 13.7. The highest BCUT2D eigenvalue weighted by Crippen LogP contribution is 2.19. The molecule has 0 aromatic heterocycles. The summed E-state index contributed by atoms with van der Waals surface area (Å²) in [7, 11) is 0. The van der Waals surface area contributed by atoms with Crippen LogP contribution in [0, 0.1) is 23.7 Å². The summed E-state index contributed by atoms with van der Waals surface area (Å²) in [5, 5.41) is 5.44. The summed E-state index contributed by atoms with van der Waals surface area (Å²) >= 11 is 0. The Hall–Kier alpha value is -1.10. The van der Waals surface area contributed by atoms with Gasteiger partial charge in [0.25, 0.3) is 0 Å². The molecule has 0 aromatic carbocycles. The number of hydrogen-bond acceptors (Lipinski definition) is 3. The van der Waals surface area contributed by atoms with Crippen LogP contribution in [0.1, 0.15) is 41.5 Å². The van der Waals surface area contributed by atoms with Crippen molar-refractivity contribution in [2.75, 3.05) is 13.1 Å². The highest BCUT2D eigenvalue weighted by molar-refractivity contribution is 5.87. The Labute approximate surface area is 123 Å². The number of carbonyl (C=O) groups excluding carboxylic acids is 2. The first-order chi connectivity index (χ1) is 9.16. The lowest BCUT2D eigenvalue weighted by molar-refractivity contribution is -0.127. The van der Waals surface area contributed by atoms with Gasteiger partial charge in [0.15, 0.2) is 0 Å². The molecule has 1 atom stereocenters. The van der Waals surface area contributed by atoms with E-state index in [1.54, 1.807) is 0 Å². The quantitative estimate of drug-likeness (QED) is 0.625. The molecule has 2 amide bonds. The molecule has 0 aliphatic carbocycles. The molecular formula is C15H31N3O2. The van der Waals surface area contributed by atoms with Gasteiger partial charge in [0.2, 0.25) is 11.8 Å². The molecule has 0 saturated carbocycles. The highest BCUT2D eigenvalue weighted by Gasteiger charge is 2.20. The first kappa shape index (κ1) is 18.9. The van der Waals surface area contributed by atoms with Crippen molar-refractivity contribution in [2.45, 2.75) is 47.6 Å². The van der Waals surface area contributed by atoms with Crippen LogP contribution in [-0.4, -0.2) is 30.9 Å². The number of carbonyl (C=O) groups is 2. The molecule has 118 valence electrons. The molecule has 0 radical (unpaired) electrons. The van der Waals surface area contributed by atoms with Crippen molar-refractivity contribution in [3.63, 3.8) is 0 Å². The van der Waals surface area contributed by atoms with Crippen molar-refractivity contribution in [3.05, 3.63) is 0 Å². The number of nitrogens with two attached hydrogens (primary N) is 1. The van der Waals surface area contributed by atoms with Crippen molar-refractivity contribution < 1.29 is 9.59 Å². The minimum Gasteiger partial charge on any atom is -0.354 e. The Bertz CT molecular complexity index is 306. The van der Waals surface area contributed by atoms with Gasteiger partial charge in [-0.15, -0.1) is 0 Å². The molecule has 5 nitrogen and oxygen atoms in total. The fraction of sp³-hybridized carbons (Fsp3) is 0.867. The molecule has 0 rings (SSSR count).